The van der Waals surface area contributed by atoms with Gasteiger partial charge in [-0.2, -0.15) is 8.78 Å². The average molecular weight is 300 g/mol. The maximum absolute atomic E-state index is 12.4. The Morgan fingerprint density at radius 3 is 2.71 bits per heavy atom. The summed E-state index contributed by atoms with van der Waals surface area (Å²) in [6.07, 6.45) is 2.63. The second kappa shape index (κ2) is 9.31. The van der Waals surface area contributed by atoms with Gasteiger partial charge in [-0.05, 0) is 37.6 Å². The summed E-state index contributed by atoms with van der Waals surface area (Å²) in [5, 5.41) is 3.28. The molecule has 1 unspecified atom stereocenters. The van der Waals surface area contributed by atoms with Crippen LogP contribution in [-0.4, -0.2) is 26.3 Å². The molecule has 1 aromatic carbocycles. The average Bonchev–Trinajstić information content (AvgIpc) is 2.45. The smallest absolute Gasteiger partial charge is 0.387 e. The maximum atomic E-state index is 12.4. The molecule has 4 nitrogen and oxygen atoms in total. The van der Waals surface area contributed by atoms with E-state index in [0.717, 1.165) is 18.5 Å². The van der Waals surface area contributed by atoms with Crippen molar-refractivity contribution in [2.24, 2.45) is 5.73 Å². The van der Waals surface area contributed by atoms with Crippen LogP contribution in [0.15, 0.2) is 30.9 Å². The van der Waals surface area contributed by atoms with Gasteiger partial charge in [-0.1, -0.05) is 12.1 Å². The fourth-order valence-electron chi connectivity index (χ4n) is 1.90. The standard InChI is InChI=1S/C15H22F2N2O2/c1-3-5-8-19-12(10-18)11-6-7-13(21-15(16)17)14(9-11)20-4-2/h3,6-7,9,12,15,19H,1,4-5,8,10,18H2,2H3. The van der Waals surface area contributed by atoms with Crippen LogP contribution in [-0.2, 0) is 0 Å². The van der Waals surface area contributed by atoms with Crippen molar-refractivity contribution in [3.8, 4) is 11.5 Å². The minimum atomic E-state index is -2.88. The molecule has 0 amide bonds. The summed E-state index contributed by atoms with van der Waals surface area (Å²) in [6.45, 7) is 4.04. The molecule has 0 aliphatic carbocycles. The van der Waals surface area contributed by atoms with Crippen molar-refractivity contribution in [1.82, 2.24) is 5.32 Å². The van der Waals surface area contributed by atoms with E-state index < -0.39 is 6.61 Å². The molecule has 0 fully saturated rings. The largest absolute Gasteiger partial charge is 0.490 e. The molecule has 0 heterocycles. The minimum absolute atomic E-state index is 0.0254. The van der Waals surface area contributed by atoms with Gasteiger partial charge in [-0.25, -0.2) is 0 Å². The van der Waals surface area contributed by atoms with E-state index >= 15 is 0 Å². The third kappa shape index (κ3) is 5.69. The Kier molecular flexibility index (Phi) is 7.71. The lowest BCUT2D eigenvalue weighted by Gasteiger charge is -2.19. The molecule has 0 aromatic heterocycles. The lowest BCUT2D eigenvalue weighted by atomic mass is 10.1. The molecule has 6 heteroatoms. The van der Waals surface area contributed by atoms with Crippen molar-refractivity contribution in [2.45, 2.75) is 26.0 Å². The van der Waals surface area contributed by atoms with Gasteiger partial charge >= 0.3 is 6.61 Å². The number of hydrogen-bond donors (Lipinski definition) is 2. The van der Waals surface area contributed by atoms with E-state index in [2.05, 4.69) is 16.6 Å². The summed E-state index contributed by atoms with van der Waals surface area (Å²) in [4.78, 5) is 0. The molecule has 0 radical (unpaired) electrons. The highest BCUT2D eigenvalue weighted by atomic mass is 19.3. The van der Waals surface area contributed by atoms with E-state index in [0.29, 0.717) is 18.9 Å². The van der Waals surface area contributed by atoms with Crippen LogP contribution in [0.2, 0.25) is 0 Å². The first kappa shape index (κ1) is 17.4. The predicted molar refractivity (Wildman–Crippen MR) is 78.9 cm³/mol. The number of hydrogen-bond acceptors (Lipinski definition) is 4. The Labute approximate surface area is 123 Å². The molecular formula is C15H22F2N2O2. The molecule has 21 heavy (non-hydrogen) atoms. The van der Waals surface area contributed by atoms with Crippen molar-refractivity contribution in [3.63, 3.8) is 0 Å². The summed E-state index contributed by atoms with van der Waals surface area (Å²) in [7, 11) is 0. The molecule has 1 rings (SSSR count). The molecule has 1 atom stereocenters. The number of rotatable bonds is 10. The van der Waals surface area contributed by atoms with Crippen molar-refractivity contribution >= 4 is 0 Å². The number of alkyl halides is 2. The molecule has 0 saturated heterocycles. The number of halogens is 2. The van der Waals surface area contributed by atoms with Crippen LogP contribution in [0.4, 0.5) is 8.78 Å². The molecule has 0 saturated carbocycles. The van der Waals surface area contributed by atoms with Crippen molar-refractivity contribution in [1.29, 1.82) is 0 Å². The number of benzene rings is 1. The first-order valence-electron chi connectivity index (χ1n) is 6.88. The van der Waals surface area contributed by atoms with E-state index in [-0.39, 0.29) is 11.8 Å². The third-order valence-electron chi connectivity index (χ3n) is 2.86. The van der Waals surface area contributed by atoms with Crippen LogP contribution in [0.3, 0.4) is 0 Å². The third-order valence-corrected chi connectivity index (χ3v) is 2.86. The van der Waals surface area contributed by atoms with E-state index in [9.17, 15) is 8.78 Å². The van der Waals surface area contributed by atoms with Crippen LogP contribution in [0.5, 0.6) is 11.5 Å². The lowest BCUT2D eigenvalue weighted by Crippen LogP contribution is -2.28. The van der Waals surface area contributed by atoms with Crippen LogP contribution < -0.4 is 20.5 Å². The van der Waals surface area contributed by atoms with Gasteiger partial charge in [0.15, 0.2) is 11.5 Å². The van der Waals surface area contributed by atoms with E-state index in [1.165, 1.54) is 6.07 Å². The zero-order valence-electron chi connectivity index (χ0n) is 12.1. The van der Waals surface area contributed by atoms with Gasteiger partial charge in [0.25, 0.3) is 0 Å². The van der Waals surface area contributed by atoms with Gasteiger partial charge in [0.1, 0.15) is 0 Å². The Hall–Kier alpha value is -1.66. The Bertz CT molecular complexity index is 442. The molecule has 3 N–H and O–H groups in total. The van der Waals surface area contributed by atoms with Crippen LogP contribution in [0, 0.1) is 0 Å². The van der Waals surface area contributed by atoms with Gasteiger partial charge in [0.05, 0.1) is 6.61 Å². The van der Waals surface area contributed by atoms with E-state index in [1.54, 1.807) is 19.1 Å². The summed E-state index contributed by atoms with van der Waals surface area (Å²) in [5.74, 6) is 0.316. The fourth-order valence-corrected chi connectivity index (χ4v) is 1.90. The summed E-state index contributed by atoms with van der Waals surface area (Å²) in [6, 6.07) is 4.78. The number of nitrogens with two attached hydrogens (primary N) is 1. The van der Waals surface area contributed by atoms with Crippen LogP contribution in [0.1, 0.15) is 24.9 Å². The second-order valence-corrected chi connectivity index (χ2v) is 4.34. The van der Waals surface area contributed by atoms with E-state index in [4.69, 9.17) is 10.5 Å². The highest BCUT2D eigenvalue weighted by molar-refractivity contribution is 5.44. The van der Waals surface area contributed by atoms with Crippen molar-refractivity contribution in [3.05, 3.63) is 36.4 Å². The van der Waals surface area contributed by atoms with Gasteiger partial charge in [-0.15, -0.1) is 6.58 Å². The van der Waals surface area contributed by atoms with Gasteiger partial charge in [-0.3, -0.25) is 0 Å². The summed E-state index contributed by atoms with van der Waals surface area (Å²) in [5.41, 5.74) is 6.62. The van der Waals surface area contributed by atoms with Crippen molar-refractivity contribution in [2.75, 3.05) is 19.7 Å². The zero-order chi connectivity index (χ0) is 15.7. The first-order chi connectivity index (χ1) is 10.1. The molecule has 0 aliphatic rings. The fraction of sp³-hybridized carbons (Fsp3) is 0.467. The number of nitrogens with one attached hydrogen (secondary N) is 1. The normalized spacial score (nSPS) is 12.2. The zero-order valence-corrected chi connectivity index (χ0v) is 12.1. The summed E-state index contributed by atoms with van der Waals surface area (Å²) >= 11 is 0. The van der Waals surface area contributed by atoms with Gasteiger partial charge in [0.2, 0.25) is 0 Å². The highest BCUT2D eigenvalue weighted by Gasteiger charge is 2.15. The molecule has 0 bridgehead atoms. The predicted octanol–water partition coefficient (Wildman–Crippen LogP) is 2.85. The Balaban J connectivity index is 2.90. The Morgan fingerprint density at radius 2 is 2.14 bits per heavy atom. The second-order valence-electron chi connectivity index (χ2n) is 4.34. The van der Waals surface area contributed by atoms with Crippen LogP contribution >= 0.6 is 0 Å². The topological polar surface area (TPSA) is 56.5 Å². The molecule has 0 spiro atoms. The minimum Gasteiger partial charge on any atom is -0.490 e. The molecule has 0 aliphatic heterocycles. The molecule has 118 valence electrons. The molecule has 1 aromatic rings. The molecular weight excluding hydrogens is 278 g/mol. The first-order valence-corrected chi connectivity index (χ1v) is 6.88. The van der Waals surface area contributed by atoms with Gasteiger partial charge in [0, 0.05) is 12.6 Å². The summed E-state index contributed by atoms with van der Waals surface area (Å²) < 4.78 is 34.5. The number of ether oxygens (including phenoxy) is 2. The Morgan fingerprint density at radius 1 is 1.38 bits per heavy atom. The van der Waals surface area contributed by atoms with Crippen LogP contribution in [0.25, 0.3) is 0 Å². The quantitative estimate of drug-likeness (QED) is 0.515. The monoisotopic (exact) mass is 300 g/mol. The highest BCUT2D eigenvalue weighted by Crippen LogP contribution is 2.31. The lowest BCUT2D eigenvalue weighted by molar-refractivity contribution is -0.0514. The van der Waals surface area contributed by atoms with E-state index in [1.807, 2.05) is 6.08 Å². The maximum Gasteiger partial charge on any atom is 0.387 e. The van der Waals surface area contributed by atoms with Crippen molar-refractivity contribution < 1.29 is 18.3 Å². The van der Waals surface area contributed by atoms with Gasteiger partial charge < -0.3 is 20.5 Å². The SMILES string of the molecule is C=CCCNC(CN)c1ccc(OC(F)F)c(OCC)c1.